The standard InChI is InChI=1S/C24H26ClO2P/c25-28(21-11-4-1-5-12-21,22-13-6-2-7-14-22,23-15-8-3-9-16-23)20-17-24-26-18-10-19-27-24/h1-9,11-16,24H,10,17-20H2. The van der Waals surface area contributed by atoms with E-state index in [-0.39, 0.29) is 6.29 Å². The molecule has 0 aromatic heterocycles. The summed E-state index contributed by atoms with van der Waals surface area (Å²) in [6.07, 6.45) is 2.32. The van der Waals surface area contributed by atoms with Gasteiger partial charge in [0.15, 0.2) is 0 Å². The first-order valence-electron chi connectivity index (χ1n) is 9.85. The number of hydrogen-bond acceptors (Lipinski definition) is 2. The van der Waals surface area contributed by atoms with Crippen molar-refractivity contribution in [2.45, 2.75) is 19.1 Å². The van der Waals surface area contributed by atoms with Crippen LogP contribution in [0.1, 0.15) is 12.8 Å². The molecular weight excluding hydrogens is 387 g/mol. The second kappa shape index (κ2) is 8.35. The third-order valence-corrected chi connectivity index (χ3v) is 13.1. The van der Waals surface area contributed by atoms with E-state index in [4.69, 9.17) is 20.7 Å². The Kier molecular flexibility index (Phi) is 5.85. The summed E-state index contributed by atoms with van der Waals surface area (Å²) in [5.41, 5.74) is 0. The monoisotopic (exact) mass is 412 g/mol. The zero-order chi connectivity index (χ0) is 19.3. The van der Waals surface area contributed by atoms with Crippen LogP contribution in [0.15, 0.2) is 91.0 Å². The molecule has 0 N–H and O–H groups in total. The quantitative estimate of drug-likeness (QED) is 0.540. The van der Waals surface area contributed by atoms with Crippen LogP contribution in [0.2, 0.25) is 0 Å². The summed E-state index contributed by atoms with van der Waals surface area (Å²) in [6, 6.07) is 31.7. The van der Waals surface area contributed by atoms with Gasteiger partial charge in [-0.25, -0.2) is 0 Å². The van der Waals surface area contributed by atoms with Crippen LogP contribution < -0.4 is 15.9 Å². The van der Waals surface area contributed by atoms with Crippen molar-refractivity contribution in [3.05, 3.63) is 91.0 Å². The van der Waals surface area contributed by atoms with Gasteiger partial charge in [-0.15, -0.1) is 0 Å². The SMILES string of the molecule is ClP(CCC1OCCCO1)(c1ccccc1)(c1ccccc1)c1ccccc1. The average Bonchev–Trinajstić information content (AvgIpc) is 2.80. The number of ether oxygens (including phenoxy) is 2. The summed E-state index contributed by atoms with van der Waals surface area (Å²) in [7, 11) is 0. The van der Waals surface area contributed by atoms with E-state index in [0.29, 0.717) is 0 Å². The molecule has 0 saturated carbocycles. The Balaban J connectivity index is 1.89. The van der Waals surface area contributed by atoms with Gasteiger partial charge in [-0.3, -0.25) is 0 Å². The fourth-order valence-corrected chi connectivity index (χ4v) is 10.2. The number of benzene rings is 3. The van der Waals surface area contributed by atoms with E-state index in [1.165, 1.54) is 15.9 Å². The first-order chi connectivity index (χ1) is 13.7. The van der Waals surface area contributed by atoms with Crippen LogP contribution >= 0.6 is 17.2 Å². The van der Waals surface area contributed by atoms with E-state index in [1.807, 2.05) is 18.2 Å². The van der Waals surface area contributed by atoms with Gasteiger partial charge in [0.2, 0.25) is 0 Å². The molecule has 1 saturated heterocycles. The second-order valence-corrected chi connectivity index (χ2v) is 13.8. The van der Waals surface area contributed by atoms with Gasteiger partial charge in [0, 0.05) is 0 Å². The van der Waals surface area contributed by atoms with E-state index in [9.17, 15) is 0 Å². The first-order valence-corrected chi connectivity index (χ1v) is 13.2. The average molecular weight is 413 g/mol. The van der Waals surface area contributed by atoms with E-state index < -0.39 is 5.96 Å². The van der Waals surface area contributed by atoms with Crippen LogP contribution in [0, 0.1) is 0 Å². The molecule has 0 unspecified atom stereocenters. The Bertz CT molecular complexity index is 781. The zero-order valence-corrected chi connectivity index (χ0v) is 17.6. The molecule has 4 rings (SSSR count). The molecule has 0 bridgehead atoms. The van der Waals surface area contributed by atoms with Gasteiger partial charge in [0.1, 0.15) is 0 Å². The molecule has 146 valence electrons. The molecule has 4 heteroatoms. The van der Waals surface area contributed by atoms with Gasteiger partial charge in [0.25, 0.3) is 0 Å². The number of halogens is 1. The van der Waals surface area contributed by atoms with Crippen molar-refractivity contribution in [2.75, 3.05) is 19.4 Å². The molecule has 0 amide bonds. The fourth-order valence-electron chi connectivity index (χ4n) is 4.10. The summed E-state index contributed by atoms with van der Waals surface area (Å²) >= 11 is 8.01. The summed E-state index contributed by atoms with van der Waals surface area (Å²) < 4.78 is 11.7. The van der Waals surface area contributed by atoms with Crippen LogP contribution in [0.4, 0.5) is 0 Å². The van der Waals surface area contributed by atoms with Crippen LogP contribution in [0.3, 0.4) is 0 Å². The van der Waals surface area contributed by atoms with E-state index in [2.05, 4.69) is 72.8 Å². The van der Waals surface area contributed by atoms with Crippen molar-refractivity contribution in [1.82, 2.24) is 0 Å². The molecule has 1 heterocycles. The Hall–Kier alpha value is -1.70. The third kappa shape index (κ3) is 3.51. The van der Waals surface area contributed by atoms with Crippen LogP contribution in [0.25, 0.3) is 0 Å². The predicted octanol–water partition coefficient (Wildman–Crippen LogP) is 4.82. The Labute approximate surface area is 172 Å². The summed E-state index contributed by atoms with van der Waals surface area (Å²) in [4.78, 5) is 0. The molecule has 0 aliphatic carbocycles. The molecule has 0 spiro atoms. The Morgan fingerprint density at radius 3 is 1.46 bits per heavy atom. The van der Waals surface area contributed by atoms with Crippen LogP contribution in [-0.2, 0) is 9.47 Å². The third-order valence-electron chi connectivity index (χ3n) is 5.56. The predicted molar refractivity (Wildman–Crippen MR) is 121 cm³/mol. The Morgan fingerprint density at radius 2 is 1.07 bits per heavy atom. The summed E-state index contributed by atoms with van der Waals surface area (Å²) in [5.74, 6) is -3.21. The van der Waals surface area contributed by atoms with Crippen molar-refractivity contribution in [2.24, 2.45) is 0 Å². The van der Waals surface area contributed by atoms with E-state index in [1.54, 1.807) is 0 Å². The second-order valence-electron chi connectivity index (χ2n) is 7.23. The maximum atomic E-state index is 8.01. The Morgan fingerprint density at radius 1 is 0.679 bits per heavy atom. The van der Waals surface area contributed by atoms with Gasteiger partial charge < -0.3 is 0 Å². The molecule has 1 aliphatic rings. The topological polar surface area (TPSA) is 18.5 Å². The maximum absolute atomic E-state index is 8.01. The first kappa shape index (κ1) is 19.6. The molecule has 0 radical (unpaired) electrons. The van der Waals surface area contributed by atoms with Gasteiger partial charge in [-0.1, -0.05) is 0 Å². The number of hydrogen-bond donors (Lipinski definition) is 0. The van der Waals surface area contributed by atoms with Crippen molar-refractivity contribution in [3.63, 3.8) is 0 Å². The fraction of sp³-hybridized carbons (Fsp3) is 0.250. The van der Waals surface area contributed by atoms with Crippen molar-refractivity contribution >= 4 is 33.1 Å². The van der Waals surface area contributed by atoms with Crippen molar-refractivity contribution in [1.29, 1.82) is 0 Å². The van der Waals surface area contributed by atoms with Gasteiger partial charge in [-0.05, 0) is 0 Å². The van der Waals surface area contributed by atoms with Gasteiger partial charge in [-0.2, -0.15) is 0 Å². The summed E-state index contributed by atoms with van der Waals surface area (Å²) in [5, 5.41) is 3.55. The van der Waals surface area contributed by atoms with Crippen LogP contribution in [-0.4, -0.2) is 25.7 Å². The number of rotatable bonds is 6. The normalized spacial score (nSPS) is 17.0. The minimum atomic E-state index is -3.21. The molecule has 1 fully saturated rings. The zero-order valence-electron chi connectivity index (χ0n) is 15.9. The molecule has 28 heavy (non-hydrogen) atoms. The minimum absolute atomic E-state index is 0.190. The van der Waals surface area contributed by atoms with E-state index >= 15 is 0 Å². The molecule has 1 aliphatic heterocycles. The molecule has 3 aromatic rings. The van der Waals surface area contributed by atoms with Gasteiger partial charge >= 0.3 is 172 Å². The summed E-state index contributed by atoms with van der Waals surface area (Å²) in [6.45, 7) is 1.51. The van der Waals surface area contributed by atoms with E-state index in [0.717, 1.165) is 32.2 Å². The van der Waals surface area contributed by atoms with Crippen molar-refractivity contribution < 1.29 is 9.47 Å². The van der Waals surface area contributed by atoms with Crippen LogP contribution in [0.5, 0.6) is 0 Å². The van der Waals surface area contributed by atoms with Gasteiger partial charge in [0.05, 0.1) is 0 Å². The van der Waals surface area contributed by atoms with Crippen molar-refractivity contribution in [3.8, 4) is 0 Å². The molecule has 3 aromatic carbocycles. The molecule has 2 nitrogen and oxygen atoms in total. The molecule has 0 atom stereocenters. The molecular formula is C24H26ClO2P.